The van der Waals surface area contributed by atoms with Crippen LogP contribution in [0.1, 0.15) is 24.5 Å². The van der Waals surface area contributed by atoms with E-state index in [2.05, 4.69) is 9.97 Å². The molecule has 1 aliphatic carbocycles. The lowest BCUT2D eigenvalue weighted by Crippen LogP contribution is -2.13. The molecule has 4 heteroatoms. The maximum Gasteiger partial charge on any atom is 0.158 e. The van der Waals surface area contributed by atoms with Crippen molar-refractivity contribution in [1.82, 2.24) is 14.4 Å². The summed E-state index contributed by atoms with van der Waals surface area (Å²) in [7, 11) is 5.69. The molecule has 1 saturated carbocycles. The van der Waals surface area contributed by atoms with Gasteiger partial charge in [0.05, 0.1) is 5.69 Å². The average Bonchev–Trinajstić information content (AvgIpc) is 2.84. The summed E-state index contributed by atoms with van der Waals surface area (Å²) in [5.41, 5.74) is 2.59. The SMILES string of the molecule is [B]c1cn2ccnc2c(C2CC2)n1. The zero-order valence-electron chi connectivity index (χ0n) is 7.14. The Kier molecular flexibility index (Phi) is 1.28. The lowest BCUT2D eigenvalue weighted by molar-refractivity contribution is 1.00. The summed E-state index contributed by atoms with van der Waals surface area (Å²) in [4.78, 5) is 8.60. The van der Waals surface area contributed by atoms with Gasteiger partial charge in [-0.1, -0.05) is 0 Å². The largest absolute Gasteiger partial charge is 0.305 e. The van der Waals surface area contributed by atoms with Crippen LogP contribution in [0.25, 0.3) is 5.65 Å². The third-order valence-corrected chi connectivity index (χ3v) is 2.38. The molecule has 3 rings (SSSR count). The topological polar surface area (TPSA) is 30.2 Å². The van der Waals surface area contributed by atoms with Crippen LogP contribution in [0.3, 0.4) is 0 Å². The Bertz CT molecular complexity index is 459. The van der Waals surface area contributed by atoms with Gasteiger partial charge in [0.25, 0.3) is 0 Å². The van der Waals surface area contributed by atoms with Crippen molar-refractivity contribution in [2.24, 2.45) is 0 Å². The molecule has 0 amide bonds. The number of aromatic nitrogens is 3. The Balaban J connectivity index is 2.33. The lowest BCUT2D eigenvalue weighted by atomic mass is 10.1. The molecule has 1 aliphatic rings. The van der Waals surface area contributed by atoms with Crippen LogP contribution < -0.4 is 5.59 Å². The summed E-state index contributed by atoms with van der Waals surface area (Å²) < 4.78 is 1.94. The molecule has 2 heterocycles. The molecular formula is C9H8BN3. The minimum absolute atomic E-state index is 0.576. The van der Waals surface area contributed by atoms with E-state index in [1.165, 1.54) is 12.8 Å². The molecule has 3 nitrogen and oxygen atoms in total. The minimum Gasteiger partial charge on any atom is -0.305 e. The highest BCUT2D eigenvalue weighted by Crippen LogP contribution is 2.39. The molecule has 0 unspecified atom stereocenters. The number of hydrogen-bond acceptors (Lipinski definition) is 2. The van der Waals surface area contributed by atoms with Crippen molar-refractivity contribution in [2.45, 2.75) is 18.8 Å². The van der Waals surface area contributed by atoms with Crippen LogP contribution in [0.4, 0.5) is 0 Å². The Morgan fingerprint density at radius 1 is 1.46 bits per heavy atom. The summed E-state index contributed by atoms with van der Waals surface area (Å²) in [6.45, 7) is 0. The van der Waals surface area contributed by atoms with E-state index in [1.54, 1.807) is 12.4 Å². The Hall–Kier alpha value is -1.32. The van der Waals surface area contributed by atoms with Gasteiger partial charge in [0.15, 0.2) is 5.65 Å². The highest BCUT2D eigenvalue weighted by molar-refractivity contribution is 6.30. The van der Waals surface area contributed by atoms with Crippen molar-refractivity contribution < 1.29 is 0 Å². The monoisotopic (exact) mass is 169 g/mol. The van der Waals surface area contributed by atoms with Crippen molar-refractivity contribution in [3.63, 3.8) is 0 Å². The molecule has 13 heavy (non-hydrogen) atoms. The molecule has 1 fully saturated rings. The van der Waals surface area contributed by atoms with Gasteiger partial charge in [-0.2, -0.15) is 0 Å². The first kappa shape index (κ1) is 7.12. The normalized spacial score (nSPS) is 16.6. The number of fused-ring (bicyclic) bond motifs is 1. The molecular weight excluding hydrogens is 161 g/mol. The van der Waals surface area contributed by atoms with E-state index in [1.807, 2.05) is 10.6 Å². The Labute approximate surface area is 77.2 Å². The van der Waals surface area contributed by atoms with Gasteiger partial charge in [-0.25, -0.2) is 4.98 Å². The number of hydrogen-bond donors (Lipinski definition) is 0. The molecule has 0 bridgehead atoms. The van der Waals surface area contributed by atoms with Crippen molar-refractivity contribution in [3.05, 3.63) is 24.3 Å². The molecule has 0 N–H and O–H groups in total. The second-order valence-corrected chi connectivity index (χ2v) is 3.48. The predicted molar refractivity (Wildman–Crippen MR) is 50.4 cm³/mol. The molecule has 2 aromatic rings. The summed E-state index contributed by atoms with van der Waals surface area (Å²) in [6.07, 6.45) is 7.92. The standard InChI is InChI=1S/C9H8BN3/c10-7-5-13-4-3-11-9(13)8(12-7)6-1-2-6/h3-6H,1-2H2. The molecule has 0 spiro atoms. The second-order valence-electron chi connectivity index (χ2n) is 3.48. The molecule has 2 aromatic heterocycles. The van der Waals surface area contributed by atoms with Gasteiger partial charge in [-0.15, -0.1) is 0 Å². The van der Waals surface area contributed by atoms with Gasteiger partial charge < -0.3 is 4.40 Å². The first-order valence-electron chi connectivity index (χ1n) is 4.43. The fourth-order valence-corrected chi connectivity index (χ4v) is 1.61. The molecule has 0 aliphatic heterocycles. The molecule has 0 aromatic carbocycles. The van der Waals surface area contributed by atoms with E-state index >= 15 is 0 Å². The van der Waals surface area contributed by atoms with Gasteiger partial charge in [0.2, 0.25) is 0 Å². The summed E-state index contributed by atoms with van der Waals surface area (Å²) in [5, 5.41) is 0. The van der Waals surface area contributed by atoms with Crippen LogP contribution in [-0.2, 0) is 0 Å². The zero-order chi connectivity index (χ0) is 8.84. The molecule has 2 radical (unpaired) electrons. The van der Waals surface area contributed by atoms with Crippen LogP contribution in [0, 0.1) is 0 Å². The number of imidazole rings is 1. The van der Waals surface area contributed by atoms with E-state index in [-0.39, 0.29) is 0 Å². The Morgan fingerprint density at radius 2 is 2.31 bits per heavy atom. The number of rotatable bonds is 1. The first-order chi connectivity index (χ1) is 6.34. The quantitative estimate of drug-likeness (QED) is 0.578. The average molecular weight is 169 g/mol. The highest BCUT2D eigenvalue weighted by atomic mass is 15.0. The van der Waals surface area contributed by atoms with Gasteiger partial charge in [-0.3, -0.25) is 4.98 Å². The fourth-order valence-electron chi connectivity index (χ4n) is 1.61. The zero-order valence-corrected chi connectivity index (χ0v) is 7.14. The van der Waals surface area contributed by atoms with E-state index in [0.717, 1.165) is 11.3 Å². The van der Waals surface area contributed by atoms with E-state index in [4.69, 9.17) is 7.85 Å². The Morgan fingerprint density at radius 3 is 3.08 bits per heavy atom. The third-order valence-electron chi connectivity index (χ3n) is 2.38. The van der Waals surface area contributed by atoms with Gasteiger partial charge in [-0.05, 0) is 12.8 Å². The van der Waals surface area contributed by atoms with Crippen LogP contribution in [0.15, 0.2) is 18.6 Å². The van der Waals surface area contributed by atoms with E-state index in [0.29, 0.717) is 11.5 Å². The maximum atomic E-state index is 5.69. The fraction of sp³-hybridized carbons (Fsp3) is 0.333. The highest BCUT2D eigenvalue weighted by Gasteiger charge is 2.27. The maximum absolute atomic E-state index is 5.69. The van der Waals surface area contributed by atoms with Crippen molar-refractivity contribution in [2.75, 3.05) is 0 Å². The third kappa shape index (κ3) is 1.05. The number of nitrogens with zero attached hydrogens (tertiary/aromatic N) is 3. The summed E-state index contributed by atoms with van der Waals surface area (Å²) >= 11 is 0. The summed E-state index contributed by atoms with van der Waals surface area (Å²) in [5.74, 6) is 0.591. The van der Waals surface area contributed by atoms with Gasteiger partial charge >= 0.3 is 0 Å². The second kappa shape index (κ2) is 2.34. The first-order valence-corrected chi connectivity index (χ1v) is 4.43. The predicted octanol–water partition coefficient (Wildman–Crippen LogP) is 0.400. The summed E-state index contributed by atoms with van der Waals surface area (Å²) in [6, 6.07) is 0. The molecule has 62 valence electrons. The van der Waals surface area contributed by atoms with Crippen LogP contribution >= 0.6 is 0 Å². The van der Waals surface area contributed by atoms with Gasteiger partial charge in [0, 0.05) is 30.1 Å². The van der Waals surface area contributed by atoms with E-state index in [9.17, 15) is 0 Å². The van der Waals surface area contributed by atoms with Crippen molar-refractivity contribution >= 4 is 19.1 Å². The van der Waals surface area contributed by atoms with Crippen LogP contribution in [-0.4, -0.2) is 22.2 Å². The van der Waals surface area contributed by atoms with Crippen molar-refractivity contribution in [3.8, 4) is 0 Å². The smallest absolute Gasteiger partial charge is 0.158 e. The molecule has 0 saturated heterocycles. The van der Waals surface area contributed by atoms with Crippen LogP contribution in [0.5, 0.6) is 0 Å². The minimum atomic E-state index is 0.576. The van der Waals surface area contributed by atoms with Crippen molar-refractivity contribution in [1.29, 1.82) is 0 Å². The molecule has 0 atom stereocenters. The van der Waals surface area contributed by atoms with E-state index < -0.39 is 0 Å². The lowest BCUT2D eigenvalue weighted by Gasteiger charge is -2.02. The van der Waals surface area contributed by atoms with Crippen LogP contribution in [0.2, 0.25) is 0 Å². The van der Waals surface area contributed by atoms with Gasteiger partial charge in [0.1, 0.15) is 7.85 Å².